The quantitative estimate of drug-likeness (QED) is 0.631. The van der Waals surface area contributed by atoms with Crippen LogP contribution in [0.5, 0.6) is 11.5 Å². The Kier molecular flexibility index (Phi) is 6.08. The summed E-state index contributed by atoms with van der Waals surface area (Å²) in [6, 6.07) is 22.2. The summed E-state index contributed by atoms with van der Waals surface area (Å²) in [5.74, 6) is 1.05. The van der Waals surface area contributed by atoms with Gasteiger partial charge in [-0.2, -0.15) is 0 Å². The molecule has 0 aliphatic heterocycles. The van der Waals surface area contributed by atoms with E-state index >= 15 is 0 Å². The zero-order chi connectivity index (χ0) is 20.0. The summed E-state index contributed by atoms with van der Waals surface area (Å²) >= 11 is 0. The van der Waals surface area contributed by atoms with Crippen LogP contribution in [-0.2, 0) is 10.0 Å². The lowest BCUT2D eigenvalue weighted by Crippen LogP contribution is -2.23. The normalized spacial score (nSPS) is 11.0. The number of para-hydroxylation sites is 1. The number of amides is 1. The Morgan fingerprint density at radius 2 is 1.46 bits per heavy atom. The van der Waals surface area contributed by atoms with Crippen molar-refractivity contribution in [3.63, 3.8) is 0 Å². The molecule has 0 radical (unpaired) electrons. The topological polar surface area (TPSA) is 84.5 Å². The molecule has 0 bridgehead atoms. The monoisotopic (exact) mass is 396 g/mol. The second kappa shape index (κ2) is 8.69. The van der Waals surface area contributed by atoms with Crippen molar-refractivity contribution in [3.8, 4) is 11.5 Å². The van der Waals surface area contributed by atoms with Crippen molar-refractivity contribution in [1.29, 1.82) is 0 Å². The maximum atomic E-state index is 12.4. The van der Waals surface area contributed by atoms with Crippen LogP contribution in [0.4, 0.5) is 5.69 Å². The van der Waals surface area contributed by atoms with Crippen LogP contribution in [0.15, 0.2) is 83.8 Å². The minimum atomic E-state index is -3.54. The zero-order valence-corrected chi connectivity index (χ0v) is 16.1. The average molecular weight is 396 g/mol. The van der Waals surface area contributed by atoms with Crippen LogP contribution in [-0.4, -0.2) is 20.9 Å². The summed E-state index contributed by atoms with van der Waals surface area (Å²) < 4.78 is 32.0. The molecule has 3 aromatic carbocycles. The van der Waals surface area contributed by atoms with Crippen LogP contribution in [0.3, 0.4) is 0 Å². The fraction of sp³-hybridized carbons (Fsp3) is 0.0952. The molecular weight excluding hydrogens is 376 g/mol. The molecule has 0 unspecified atom stereocenters. The highest BCUT2D eigenvalue weighted by atomic mass is 32.2. The molecule has 0 saturated carbocycles. The summed E-state index contributed by atoms with van der Waals surface area (Å²) in [5, 5.41) is 2.77. The highest BCUT2D eigenvalue weighted by Crippen LogP contribution is 2.23. The lowest BCUT2D eigenvalue weighted by atomic mass is 10.2. The van der Waals surface area contributed by atoms with Crippen molar-refractivity contribution in [3.05, 3.63) is 84.4 Å². The highest BCUT2D eigenvalue weighted by molar-refractivity contribution is 7.89. The third-order valence-corrected chi connectivity index (χ3v) is 5.41. The Morgan fingerprint density at radius 1 is 0.857 bits per heavy atom. The highest BCUT2D eigenvalue weighted by Gasteiger charge is 2.13. The van der Waals surface area contributed by atoms with Gasteiger partial charge in [0.15, 0.2) is 0 Å². The van der Waals surface area contributed by atoms with Gasteiger partial charge in [0.1, 0.15) is 11.5 Å². The molecule has 3 rings (SSSR count). The lowest BCUT2D eigenvalue weighted by molar-refractivity contribution is 0.102. The molecule has 0 heterocycles. The molecule has 144 valence electrons. The number of carbonyl (C=O) groups excluding carboxylic acids is 1. The van der Waals surface area contributed by atoms with Crippen LogP contribution in [0.2, 0.25) is 0 Å². The fourth-order valence-electron chi connectivity index (χ4n) is 2.49. The molecule has 0 saturated heterocycles. The number of benzene rings is 3. The van der Waals surface area contributed by atoms with Gasteiger partial charge in [0.05, 0.1) is 4.90 Å². The second-order valence-corrected chi connectivity index (χ2v) is 7.69. The summed E-state index contributed by atoms with van der Waals surface area (Å²) in [6.07, 6.45) is 0. The van der Waals surface area contributed by atoms with Gasteiger partial charge < -0.3 is 10.1 Å². The van der Waals surface area contributed by atoms with Gasteiger partial charge in [-0.05, 0) is 60.7 Å². The van der Waals surface area contributed by atoms with E-state index in [0.717, 1.165) is 5.75 Å². The maximum Gasteiger partial charge on any atom is 0.255 e. The number of hydrogen-bond acceptors (Lipinski definition) is 4. The van der Waals surface area contributed by atoms with E-state index in [1.54, 1.807) is 31.2 Å². The Balaban J connectivity index is 1.64. The largest absolute Gasteiger partial charge is 0.457 e. The van der Waals surface area contributed by atoms with Crippen molar-refractivity contribution in [2.24, 2.45) is 0 Å². The molecule has 2 N–H and O–H groups in total. The van der Waals surface area contributed by atoms with Crippen LogP contribution < -0.4 is 14.8 Å². The number of anilines is 1. The number of hydrogen-bond donors (Lipinski definition) is 2. The van der Waals surface area contributed by atoms with E-state index < -0.39 is 10.0 Å². The number of sulfonamides is 1. The predicted molar refractivity (Wildman–Crippen MR) is 108 cm³/mol. The van der Waals surface area contributed by atoms with E-state index in [4.69, 9.17) is 4.74 Å². The zero-order valence-electron chi connectivity index (χ0n) is 15.3. The summed E-state index contributed by atoms with van der Waals surface area (Å²) in [4.78, 5) is 12.5. The van der Waals surface area contributed by atoms with Gasteiger partial charge in [0.25, 0.3) is 5.91 Å². The lowest BCUT2D eigenvalue weighted by Gasteiger charge is -2.09. The minimum Gasteiger partial charge on any atom is -0.457 e. The van der Waals surface area contributed by atoms with Crippen molar-refractivity contribution in [2.75, 3.05) is 11.9 Å². The van der Waals surface area contributed by atoms with E-state index in [0.29, 0.717) is 23.5 Å². The molecule has 0 aromatic heterocycles. The number of ether oxygens (including phenoxy) is 1. The van der Waals surface area contributed by atoms with Crippen molar-refractivity contribution in [1.82, 2.24) is 4.72 Å². The molecule has 0 aliphatic rings. The van der Waals surface area contributed by atoms with Crippen molar-refractivity contribution >= 4 is 21.6 Å². The molecule has 0 atom stereocenters. The molecular formula is C21H20N2O4S. The van der Waals surface area contributed by atoms with Gasteiger partial charge in [-0.25, -0.2) is 13.1 Å². The van der Waals surface area contributed by atoms with E-state index in [9.17, 15) is 13.2 Å². The Labute approximate surface area is 164 Å². The van der Waals surface area contributed by atoms with Crippen LogP contribution in [0.1, 0.15) is 17.3 Å². The van der Waals surface area contributed by atoms with Crippen LogP contribution in [0.25, 0.3) is 0 Å². The minimum absolute atomic E-state index is 0.119. The number of nitrogens with one attached hydrogen (secondary N) is 2. The molecule has 1 amide bonds. The molecule has 3 aromatic rings. The van der Waals surface area contributed by atoms with Crippen LogP contribution in [0, 0.1) is 0 Å². The first-order chi connectivity index (χ1) is 13.5. The predicted octanol–water partition coefficient (Wildman–Crippen LogP) is 4.03. The SMILES string of the molecule is CCNS(=O)(=O)c1ccc(C(=O)Nc2ccc(Oc3ccccc3)cc2)cc1. The van der Waals surface area contributed by atoms with Gasteiger partial charge >= 0.3 is 0 Å². The third-order valence-electron chi connectivity index (χ3n) is 3.85. The van der Waals surface area contributed by atoms with Crippen LogP contribution >= 0.6 is 0 Å². The summed E-state index contributed by atoms with van der Waals surface area (Å²) in [7, 11) is -3.54. The molecule has 0 aliphatic carbocycles. The first-order valence-electron chi connectivity index (χ1n) is 8.72. The van der Waals surface area contributed by atoms with Gasteiger partial charge in [0.2, 0.25) is 10.0 Å². The van der Waals surface area contributed by atoms with Gasteiger partial charge in [-0.15, -0.1) is 0 Å². The smallest absolute Gasteiger partial charge is 0.255 e. The molecule has 0 fully saturated rings. The van der Waals surface area contributed by atoms with Gasteiger partial charge in [-0.1, -0.05) is 25.1 Å². The molecule has 28 heavy (non-hydrogen) atoms. The fourth-order valence-corrected chi connectivity index (χ4v) is 3.53. The number of carbonyl (C=O) groups is 1. The maximum absolute atomic E-state index is 12.4. The van der Waals surface area contributed by atoms with E-state index in [1.165, 1.54) is 24.3 Å². The Bertz CT molecular complexity index is 1030. The number of rotatable bonds is 7. The first kappa shape index (κ1) is 19.6. The van der Waals surface area contributed by atoms with E-state index in [-0.39, 0.29) is 10.8 Å². The molecule has 6 nitrogen and oxygen atoms in total. The molecule has 7 heteroatoms. The first-order valence-corrected chi connectivity index (χ1v) is 10.2. The Morgan fingerprint density at radius 3 is 2.07 bits per heavy atom. The third kappa shape index (κ3) is 4.97. The standard InChI is InChI=1S/C21H20N2O4S/c1-2-22-28(25,26)20-14-8-16(9-15-20)21(24)23-17-10-12-19(13-11-17)27-18-6-4-3-5-7-18/h3-15,22H,2H2,1H3,(H,23,24). The van der Waals surface area contributed by atoms with Crippen molar-refractivity contribution < 1.29 is 17.9 Å². The summed E-state index contributed by atoms with van der Waals surface area (Å²) in [5.41, 5.74) is 0.967. The van der Waals surface area contributed by atoms with Crippen molar-refractivity contribution in [2.45, 2.75) is 11.8 Å². The molecule has 0 spiro atoms. The van der Waals surface area contributed by atoms with Gasteiger partial charge in [0, 0.05) is 17.8 Å². The van der Waals surface area contributed by atoms with E-state index in [1.807, 2.05) is 30.3 Å². The average Bonchev–Trinajstić information content (AvgIpc) is 2.70. The van der Waals surface area contributed by atoms with E-state index in [2.05, 4.69) is 10.0 Å². The summed E-state index contributed by atoms with van der Waals surface area (Å²) in [6.45, 7) is 2.00. The Hall–Kier alpha value is -3.16. The van der Waals surface area contributed by atoms with Gasteiger partial charge in [-0.3, -0.25) is 4.79 Å². The second-order valence-electron chi connectivity index (χ2n) is 5.92.